The van der Waals surface area contributed by atoms with E-state index in [2.05, 4.69) is 5.10 Å². The fraction of sp³-hybridized carbons (Fsp3) is 0.474. The number of carbonyl (C=O) groups excluding carboxylic acids is 1. The molecule has 134 valence electrons. The van der Waals surface area contributed by atoms with Crippen LogP contribution in [-0.4, -0.2) is 45.4 Å². The standard InChI is InChI=1S/C19H25N3O3/c1-13-16(12-21(3)20-13)18(23)22-11-5-6-17(22)19(2,24)14-7-9-15(25-4)10-8-14/h7-10,12,17,24H,5-6,11H2,1-4H3/t17-,19-/m1/s1. The molecular formula is C19H25N3O3. The van der Waals surface area contributed by atoms with E-state index in [-0.39, 0.29) is 11.9 Å². The number of aliphatic hydroxyl groups is 1. The first kappa shape index (κ1) is 17.5. The van der Waals surface area contributed by atoms with Crippen LogP contribution < -0.4 is 4.74 Å². The summed E-state index contributed by atoms with van der Waals surface area (Å²) in [7, 11) is 3.42. The Morgan fingerprint density at radius 3 is 2.60 bits per heavy atom. The van der Waals surface area contributed by atoms with E-state index in [9.17, 15) is 9.90 Å². The minimum absolute atomic E-state index is 0.0677. The highest BCUT2D eigenvalue weighted by Gasteiger charge is 2.43. The molecule has 1 saturated heterocycles. The van der Waals surface area contributed by atoms with Crippen LogP contribution in [0.25, 0.3) is 0 Å². The monoisotopic (exact) mass is 343 g/mol. The zero-order chi connectivity index (χ0) is 18.2. The second kappa shape index (κ2) is 6.52. The number of ether oxygens (including phenoxy) is 1. The van der Waals surface area contributed by atoms with Crippen molar-refractivity contribution in [3.63, 3.8) is 0 Å². The van der Waals surface area contributed by atoms with Gasteiger partial charge in [-0.2, -0.15) is 5.10 Å². The summed E-state index contributed by atoms with van der Waals surface area (Å²) in [5.74, 6) is 0.673. The predicted octanol–water partition coefficient (Wildman–Crippen LogP) is 2.25. The topological polar surface area (TPSA) is 67.6 Å². The SMILES string of the molecule is COc1ccc([C@@](C)(O)[C@H]2CCCN2C(=O)c2cn(C)nc2C)cc1. The van der Waals surface area contributed by atoms with Crippen molar-refractivity contribution in [2.75, 3.05) is 13.7 Å². The summed E-state index contributed by atoms with van der Waals surface area (Å²) < 4.78 is 6.83. The van der Waals surface area contributed by atoms with Gasteiger partial charge in [-0.3, -0.25) is 9.48 Å². The quantitative estimate of drug-likeness (QED) is 0.924. The average Bonchev–Trinajstić information content (AvgIpc) is 3.21. The first-order chi connectivity index (χ1) is 11.8. The Kier molecular flexibility index (Phi) is 4.56. The molecular weight excluding hydrogens is 318 g/mol. The molecule has 2 heterocycles. The third-order valence-electron chi connectivity index (χ3n) is 5.08. The number of likely N-dealkylation sites (tertiary alicyclic amines) is 1. The lowest BCUT2D eigenvalue weighted by molar-refractivity contribution is -0.0177. The molecule has 1 aromatic carbocycles. The molecule has 1 aromatic heterocycles. The van der Waals surface area contributed by atoms with Crippen LogP contribution >= 0.6 is 0 Å². The van der Waals surface area contributed by atoms with Crippen LogP contribution in [0.5, 0.6) is 5.75 Å². The number of aryl methyl sites for hydroxylation is 2. The van der Waals surface area contributed by atoms with Gasteiger partial charge >= 0.3 is 0 Å². The molecule has 0 unspecified atom stereocenters. The maximum absolute atomic E-state index is 13.0. The Morgan fingerprint density at radius 2 is 2.04 bits per heavy atom. The van der Waals surface area contributed by atoms with Crippen molar-refractivity contribution in [1.29, 1.82) is 0 Å². The molecule has 0 bridgehead atoms. The summed E-state index contributed by atoms with van der Waals surface area (Å²) in [6.45, 7) is 4.26. The maximum atomic E-state index is 13.0. The van der Waals surface area contributed by atoms with Gasteiger partial charge in [-0.15, -0.1) is 0 Å². The molecule has 6 heteroatoms. The molecule has 1 aliphatic rings. The molecule has 0 saturated carbocycles. The fourth-order valence-electron chi connectivity index (χ4n) is 3.68. The number of hydrogen-bond donors (Lipinski definition) is 1. The second-order valence-electron chi connectivity index (χ2n) is 6.83. The van der Waals surface area contributed by atoms with E-state index >= 15 is 0 Å². The van der Waals surface area contributed by atoms with Crippen LogP contribution in [0.4, 0.5) is 0 Å². The van der Waals surface area contributed by atoms with Crippen LogP contribution in [-0.2, 0) is 12.6 Å². The summed E-state index contributed by atoms with van der Waals surface area (Å²) in [6, 6.07) is 7.10. The molecule has 1 fully saturated rings. The molecule has 1 N–H and O–H groups in total. The van der Waals surface area contributed by atoms with Gasteiger partial charge in [0.15, 0.2) is 0 Å². The summed E-state index contributed by atoms with van der Waals surface area (Å²) in [5, 5.41) is 15.5. The lowest BCUT2D eigenvalue weighted by Crippen LogP contribution is -2.48. The molecule has 0 aliphatic carbocycles. The molecule has 2 aromatic rings. The van der Waals surface area contributed by atoms with Crippen molar-refractivity contribution in [3.05, 3.63) is 47.3 Å². The van der Waals surface area contributed by atoms with Crippen molar-refractivity contribution in [2.24, 2.45) is 7.05 Å². The minimum atomic E-state index is -1.13. The van der Waals surface area contributed by atoms with E-state index in [4.69, 9.17) is 4.74 Å². The summed E-state index contributed by atoms with van der Waals surface area (Å²) in [5.41, 5.74) is 0.956. The zero-order valence-electron chi connectivity index (χ0n) is 15.2. The Hall–Kier alpha value is -2.34. The highest BCUT2D eigenvalue weighted by atomic mass is 16.5. The zero-order valence-corrected chi connectivity index (χ0v) is 15.2. The third-order valence-corrected chi connectivity index (χ3v) is 5.08. The number of rotatable bonds is 4. The minimum Gasteiger partial charge on any atom is -0.497 e. The van der Waals surface area contributed by atoms with Crippen LogP contribution in [0.1, 0.15) is 41.4 Å². The largest absolute Gasteiger partial charge is 0.497 e. The van der Waals surface area contributed by atoms with E-state index in [1.807, 2.05) is 31.2 Å². The van der Waals surface area contributed by atoms with Gasteiger partial charge in [-0.05, 0) is 44.4 Å². The summed E-state index contributed by atoms with van der Waals surface area (Å²) in [6.07, 6.45) is 3.39. The Bertz CT molecular complexity index is 765. The normalized spacial score (nSPS) is 19.7. The van der Waals surface area contributed by atoms with Gasteiger partial charge in [0.2, 0.25) is 0 Å². The second-order valence-corrected chi connectivity index (χ2v) is 6.83. The Labute approximate surface area is 148 Å². The van der Waals surface area contributed by atoms with E-state index in [1.165, 1.54) is 0 Å². The molecule has 1 aliphatic heterocycles. The van der Waals surface area contributed by atoms with Crippen LogP contribution in [0.3, 0.4) is 0 Å². The highest BCUT2D eigenvalue weighted by molar-refractivity contribution is 5.95. The first-order valence-electron chi connectivity index (χ1n) is 8.52. The maximum Gasteiger partial charge on any atom is 0.257 e. The fourth-order valence-corrected chi connectivity index (χ4v) is 3.68. The Balaban J connectivity index is 1.89. The highest BCUT2D eigenvalue weighted by Crippen LogP contribution is 2.36. The summed E-state index contributed by atoms with van der Waals surface area (Å²) >= 11 is 0. The number of methoxy groups -OCH3 is 1. The number of hydrogen-bond acceptors (Lipinski definition) is 4. The van der Waals surface area contributed by atoms with Crippen molar-refractivity contribution < 1.29 is 14.6 Å². The van der Waals surface area contributed by atoms with Crippen LogP contribution in [0, 0.1) is 6.92 Å². The number of carbonyl (C=O) groups is 1. The molecule has 6 nitrogen and oxygen atoms in total. The van der Waals surface area contributed by atoms with Gasteiger partial charge in [0, 0.05) is 19.8 Å². The number of amides is 1. The lowest BCUT2D eigenvalue weighted by Gasteiger charge is -2.37. The smallest absolute Gasteiger partial charge is 0.257 e. The van der Waals surface area contributed by atoms with Crippen molar-refractivity contribution in [2.45, 2.75) is 38.3 Å². The molecule has 0 radical (unpaired) electrons. The van der Waals surface area contributed by atoms with Crippen molar-refractivity contribution >= 4 is 5.91 Å². The van der Waals surface area contributed by atoms with Crippen molar-refractivity contribution in [1.82, 2.24) is 14.7 Å². The van der Waals surface area contributed by atoms with Gasteiger partial charge in [0.1, 0.15) is 11.4 Å². The van der Waals surface area contributed by atoms with E-state index in [0.717, 1.165) is 24.2 Å². The van der Waals surface area contributed by atoms with Crippen molar-refractivity contribution in [3.8, 4) is 5.75 Å². The predicted molar refractivity (Wildman–Crippen MR) is 94.6 cm³/mol. The average molecular weight is 343 g/mol. The molecule has 3 rings (SSSR count). The molecule has 2 atom stereocenters. The van der Waals surface area contributed by atoms with Crippen LogP contribution in [0.15, 0.2) is 30.5 Å². The number of benzene rings is 1. The lowest BCUT2D eigenvalue weighted by atomic mass is 9.86. The van der Waals surface area contributed by atoms with Crippen LogP contribution in [0.2, 0.25) is 0 Å². The van der Waals surface area contributed by atoms with Gasteiger partial charge in [0.05, 0.1) is 24.4 Å². The Morgan fingerprint density at radius 1 is 1.36 bits per heavy atom. The number of nitrogens with zero attached hydrogens (tertiary/aromatic N) is 3. The van der Waals surface area contributed by atoms with Gasteiger partial charge in [-0.1, -0.05) is 12.1 Å². The van der Waals surface area contributed by atoms with E-state index in [1.54, 1.807) is 36.9 Å². The molecule has 0 spiro atoms. The number of aromatic nitrogens is 2. The summed E-state index contributed by atoms with van der Waals surface area (Å²) in [4.78, 5) is 14.8. The molecule has 1 amide bonds. The van der Waals surface area contributed by atoms with Gasteiger partial charge in [0.25, 0.3) is 5.91 Å². The van der Waals surface area contributed by atoms with Gasteiger partial charge in [-0.25, -0.2) is 0 Å². The van der Waals surface area contributed by atoms with Gasteiger partial charge < -0.3 is 14.7 Å². The molecule has 25 heavy (non-hydrogen) atoms. The van der Waals surface area contributed by atoms with E-state index in [0.29, 0.717) is 17.8 Å². The van der Waals surface area contributed by atoms with E-state index < -0.39 is 5.60 Å². The first-order valence-corrected chi connectivity index (χ1v) is 8.52. The third kappa shape index (κ3) is 3.14.